The minimum absolute atomic E-state index is 0.575. The Hall–Kier alpha value is -2.53. The van der Waals surface area contributed by atoms with Gasteiger partial charge in [0.25, 0.3) is 0 Å². The average molecular weight is 367 g/mol. The van der Waals surface area contributed by atoms with Crippen LogP contribution in [0, 0.1) is 12.8 Å². The van der Waals surface area contributed by atoms with E-state index >= 15 is 0 Å². The molecule has 5 nitrogen and oxygen atoms in total. The van der Waals surface area contributed by atoms with Gasteiger partial charge in [0.05, 0.1) is 6.61 Å². The molecule has 144 valence electrons. The van der Waals surface area contributed by atoms with Crippen LogP contribution in [-0.4, -0.2) is 44.7 Å². The van der Waals surface area contributed by atoms with Crippen molar-refractivity contribution in [2.75, 3.05) is 33.9 Å². The van der Waals surface area contributed by atoms with Crippen molar-refractivity contribution in [2.24, 2.45) is 10.9 Å². The Balaban J connectivity index is 1.62. The molecule has 5 heteroatoms. The van der Waals surface area contributed by atoms with Crippen LogP contribution in [0.2, 0.25) is 0 Å². The second-order valence-electron chi connectivity index (χ2n) is 7.04. The predicted octanol–water partition coefficient (Wildman–Crippen LogP) is 3.83. The second-order valence-corrected chi connectivity index (χ2v) is 7.04. The number of para-hydroxylation sites is 1. The molecule has 2 aromatic carbocycles. The Labute approximate surface area is 162 Å². The molecule has 1 aliphatic rings. The molecule has 1 heterocycles. The van der Waals surface area contributed by atoms with E-state index in [1.165, 1.54) is 5.56 Å². The minimum Gasteiger partial charge on any atom is -0.457 e. The molecule has 1 N–H and O–H groups in total. The van der Waals surface area contributed by atoms with Crippen molar-refractivity contribution in [3.05, 3.63) is 59.7 Å². The van der Waals surface area contributed by atoms with E-state index in [0.29, 0.717) is 12.5 Å². The van der Waals surface area contributed by atoms with E-state index in [1.54, 1.807) is 0 Å². The van der Waals surface area contributed by atoms with E-state index in [9.17, 15) is 0 Å². The zero-order valence-electron chi connectivity index (χ0n) is 16.4. The monoisotopic (exact) mass is 367 g/mol. The molecular weight excluding hydrogens is 338 g/mol. The van der Waals surface area contributed by atoms with Crippen LogP contribution in [0.15, 0.2) is 53.5 Å². The average Bonchev–Trinajstić information content (AvgIpc) is 3.16. The van der Waals surface area contributed by atoms with Gasteiger partial charge in [0.1, 0.15) is 11.5 Å². The fraction of sp³-hybridized carbons (Fsp3) is 0.409. The van der Waals surface area contributed by atoms with Crippen LogP contribution in [0.3, 0.4) is 0 Å². The molecule has 0 amide bonds. The standard InChI is InChI=1S/C22H29N3O2/c1-17-7-6-9-20(13-17)27-21-10-5-4-8-19(21)14-24-22(23-2)25(3)15-18-11-12-26-16-18/h4-10,13,18H,11-12,14-16H2,1-3H3,(H,23,24). The van der Waals surface area contributed by atoms with E-state index in [0.717, 1.165) is 49.2 Å². The van der Waals surface area contributed by atoms with Gasteiger partial charge >= 0.3 is 0 Å². The summed E-state index contributed by atoms with van der Waals surface area (Å²) < 4.78 is 11.6. The fourth-order valence-corrected chi connectivity index (χ4v) is 3.32. The van der Waals surface area contributed by atoms with E-state index in [4.69, 9.17) is 9.47 Å². The van der Waals surface area contributed by atoms with Gasteiger partial charge in [-0.15, -0.1) is 0 Å². The van der Waals surface area contributed by atoms with E-state index in [-0.39, 0.29) is 0 Å². The molecule has 0 radical (unpaired) electrons. The first-order valence-electron chi connectivity index (χ1n) is 9.47. The Morgan fingerprint density at radius 1 is 1.26 bits per heavy atom. The number of rotatable bonds is 6. The first-order chi connectivity index (χ1) is 13.2. The summed E-state index contributed by atoms with van der Waals surface area (Å²) in [6.07, 6.45) is 1.12. The minimum atomic E-state index is 0.575. The van der Waals surface area contributed by atoms with Gasteiger partial charge in [-0.1, -0.05) is 30.3 Å². The van der Waals surface area contributed by atoms with Crippen LogP contribution in [0.5, 0.6) is 11.5 Å². The molecule has 1 fully saturated rings. The quantitative estimate of drug-likeness (QED) is 0.623. The Kier molecular flexibility index (Phi) is 6.71. The highest BCUT2D eigenvalue weighted by atomic mass is 16.5. The summed E-state index contributed by atoms with van der Waals surface area (Å²) in [5.41, 5.74) is 2.28. The maximum Gasteiger partial charge on any atom is 0.193 e. The van der Waals surface area contributed by atoms with E-state index in [1.807, 2.05) is 43.4 Å². The number of nitrogens with zero attached hydrogens (tertiary/aromatic N) is 2. The number of nitrogens with one attached hydrogen (secondary N) is 1. The Bertz CT molecular complexity index is 770. The second kappa shape index (κ2) is 9.42. The first-order valence-corrected chi connectivity index (χ1v) is 9.47. The highest BCUT2D eigenvalue weighted by Crippen LogP contribution is 2.25. The van der Waals surface area contributed by atoms with Crippen molar-refractivity contribution in [3.8, 4) is 11.5 Å². The smallest absolute Gasteiger partial charge is 0.193 e. The van der Waals surface area contributed by atoms with Crippen LogP contribution in [-0.2, 0) is 11.3 Å². The van der Waals surface area contributed by atoms with Crippen LogP contribution in [0.4, 0.5) is 0 Å². The number of hydrogen-bond donors (Lipinski definition) is 1. The summed E-state index contributed by atoms with van der Waals surface area (Å²) in [7, 11) is 3.89. The van der Waals surface area contributed by atoms with Gasteiger partial charge in [-0.2, -0.15) is 0 Å². The number of ether oxygens (including phenoxy) is 2. The van der Waals surface area contributed by atoms with Gasteiger partial charge < -0.3 is 19.7 Å². The topological polar surface area (TPSA) is 46.1 Å². The van der Waals surface area contributed by atoms with Gasteiger partial charge in [-0.25, -0.2) is 0 Å². The number of guanidine groups is 1. The summed E-state index contributed by atoms with van der Waals surface area (Å²) in [5.74, 6) is 3.17. The summed E-state index contributed by atoms with van der Waals surface area (Å²) in [4.78, 5) is 6.59. The lowest BCUT2D eigenvalue weighted by molar-refractivity contribution is 0.181. The van der Waals surface area contributed by atoms with Crippen LogP contribution in [0.25, 0.3) is 0 Å². The third kappa shape index (κ3) is 5.47. The molecule has 0 aromatic heterocycles. The molecule has 0 aliphatic carbocycles. The number of hydrogen-bond acceptors (Lipinski definition) is 3. The number of benzene rings is 2. The largest absolute Gasteiger partial charge is 0.457 e. The number of aliphatic imine (C=N–C) groups is 1. The van der Waals surface area contributed by atoms with Crippen LogP contribution >= 0.6 is 0 Å². The van der Waals surface area contributed by atoms with Crippen molar-refractivity contribution in [1.82, 2.24) is 10.2 Å². The van der Waals surface area contributed by atoms with E-state index < -0.39 is 0 Å². The first kappa shape index (κ1) is 19.2. The molecule has 1 unspecified atom stereocenters. The normalized spacial score (nSPS) is 17.0. The molecule has 0 spiro atoms. The van der Waals surface area contributed by atoms with Crippen LogP contribution < -0.4 is 10.1 Å². The zero-order valence-corrected chi connectivity index (χ0v) is 16.4. The van der Waals surface area contributed by atoms with Crippen molar-refractivity contribution in [2.45, 2.75) is 19.9 Å². The molecule has 1 saturated heterocycles. The molecular formula is C22H29N3O2. The third-order valence-electron chi connectivity index (χ3n) is 4.76. The molecule has 0 saturated carbocycles. The predicted molar refractivity (Wildman–Crippen MR) is 109 cm³/mol. The lowest BCUT2D eigenvalue weighted by Gasteiger charge is -2.24. The SMILES string of the molecule is CN=C(NCc1ccccc1Oc1cccc(C)c1)N(C)CC1CCOC1. The van der Waals surface area contributed by atoms with Gasteiger partial charge in [0.15, 0.2) is 5.96 Å². The molecule has 2 aromatic rings. The van der Waals surface area contributed by atoms with Crippen molar-refractivity contribution < 1.29 is 9.47 Å². The lowest BCUT2D eigenvalue weighted by atomic mass is 10.1. The van der Waals surface area contributed by atoms with Crippen LogP contribution in [0.1, 0.15) is 17.5 Å². The van der Waals surface area contributed by atoms with Crippen molar-refractivity contribution in [3.63, 3.8) is 0 Å². The summed E-state index contributed by atoms with van der Waals surface area (Å²) in [6, 6.07) is 16.2. The van der Waals surface area contributed by atoms with E-state index in [2.05, 4.69) is 41.3 Å². The van der Waals surface area contributed by atoms with Crippen molar-refractivity contribution >= 4 is 5.96 Å². The summed E-state index contributed by atoms with van der Waals surface area (Å²) in [6.45, 7) is 5.37. The van der Waals surface area contributed by atoms with Gasteiger partial charge in [0.2, 0.25) is 0 Å². The Morgan fingerprint density at radius 3 is 2.85 bits per heavy atom. The Morgan fingerprint density at radius 2 is 2.11 bits per heavy atom. The third-order valence-corrected chi connectivity index (χ3v) is 4.76. The van der Waals surface area contributed by atoms with Gasteiger partial charge in [-0.3, -0.25) is 4.99 Å². The van der Waals surface area contributed by atoms with Crippen molar-refractivity contribution in [1.29, 1.82) is 0 Å². The summed E-state index contributed by atoms with van der Waals surface area (Å²) in [5, 5.41) is 3.45. The lowest BCUT2D eigenvalue weighted by Crippen LogP contribution is -2.41. The molecule has 1 aliphatic heterocycles. The van der Waals surface area contributed by atoms with Gasteiger partial charge in [-0.05, 0) is 37.1 Å². The zero-order chi connectivity index (χ0) is 19.1. The maximum atomic E-state index is 6.11. The number of aryl methyl sites for hydroxylation is 1. The van der Waals surface area contributed by atoms with Gasteiger partial charge in [0, 0.05) is 45.3 Å². The summed E-state index contributed by atoms with van der Waals surface area (Å²) >= 11 is 0. The highest BCUT2D eigenvalue weighted by molar-refractivity contribution is 5.79. The highest BCUT2D eigenvalue weighted by Gasteiger charge is 2.19. The molecule has 3 rings (SSSR count). The molecule has 0 bridgehead atoms. The molecule has 27 heavy (non-hydrogen) atoms. The maximum absolute atomic E-state index is 6.11. The fourth-order valence-electron chi connectivity index (χ4n) is 3.32. The molecule has 1 atom stereocenters.